The molecule has 1 aliphatic heterocycles. The molecule has 7 heteroatoms. The van der Waals surface area contributed by atoms with Crippen molar-refractivity contribution in [2.24, 2.45) is 4.99 Å². The molecule has 7 nitrogen and oxygen atoms in total. The summed E-state index contributed by atoms with van der Waals surface area (Å²) in [7, 11) is 1.68. The van der Waals surface area contributed by atoms with Crippen molar-refractivity contribution in [3.05, 3.63) is 53.5 Å². The van der Waals surface area contributed by atoms with Gasteiger partial charge in [0.05, 0.1) is 13.7 Å². The molecule has 2 heterocycles. The minimum Gasteiger partial charge on any atom is -0.497 e. The Morgan fingerprint density at radius 3 is 2.45 bits per heavy atom. The number of aliphatic hydroxyl groups is 1. The van der Waals surface area contributed by atoms with Crippen LogP contribution in [0.15, 0.2) is 45.8 Å². The second kappa shape index (κ2) is 10.2. The Hall–Kier alpha value is -2.51. The number of aryl methyl sites for hydroxylation is 1. The number of methoxy groups -OCH3 is 1. The molecular formula is C24H35N3O4. The van der Waals surface area contributed by atoms with Crippen molar-refractivity contribution in [1.29, 1.82) is 0 Å². The minimum absolute atomic E-state index is 0.0542. The topological polar surface area (TPSA) is 88.3 Å². The molecule has 1 unspecified atom stereocenters. The van der Waals surface area contributed by atoms with Gasteiger partial charge in [-0.1, -0.05) is 12.1 Å². The van der Waals surface area contributed by atoms with Crippen LogP contribution in [0.5, 0.6) is 5.75 Å². The van der Waals surface area contributed by atoms with E-state index in [2.05, 4.69) is 27.8 Å². The van der Waals surface area contributed by atoms with Crippen LogP contribution < -0.4 is 15.4 Å². The normalized spacial score (nSPS) is 18.3. The lowest BCUT2D eigenvalue weighted by Crippen LogP contribution is -2.48. The van der Waals surface area contributed by atoms with E-state index in [4.69, 9.17) is 13.9 Å². The first-order chi connectivity index (χ1) is 14.9. The van der Waals surface area contributed by atoms with Crippen molar-refractivity contribution in [2.45, 2.75) is 44.6 Å². The summed E-state index contributed by atoms with van der Waals surface area (Å²) < 4.78 is 16.6. The third-order valence-corrected chi connectivity index (χ3v) is 5.91. The number of hydrogen-bond acceptors (Lipinski definition) is 5. The Morgan fingerprint density at radius 1 is 1.16 bits per heavy atom. The highest BCUT2D eigenvalue weighted by molar-refractivity contribution is 5.80. The number of aliphatic imine (C=N–C) groups is 1. The molecule has 170 valence electrons. The zero-order valence-corrected chi connectivity index (χ0v) is 19.0. The zero-order valence-electron chi connectivity index (χ0n) is 19.0. The standard InChI is InChI=1S/C24H35N3O4/c1-5-25-22(26-16-23(3,28)21-11-6-18(2)31-21)27-17-24(12-14-30-15-13-24)19-7-9-20(29-4)10-8-19/h6-11,28H,5,12-17H2,1-4H3,(H2,25,26,27). The van der Waals surface area contributed by atoms with Gasteiger partial charge in [0.2, 0.25) is 0 Å². The maximum Gasteiger partial charge on any atom is 0.191 e. The molecule has 1 fully saturated rings. The van der Waals surface area contributed by atoms with Crippen LogP contribution in [-0.4, -0.2) is 51.0 Å². The van der Waals surface area contributed by atoms with Crippen molar-refractivity contribution in [3.8, 4) is 5.75 Å². The van der Waals surface area contributed by atoms with Crippen molar-refractivity contribution in [3.63, 3.8) is 0 Å². The van der Waals surface area contributed by atoms with Gasteiger partial charge in [-0.2, -0.15) is 0 Å². The molecule has 0 amide bonds. The summed E-state index contributed by atoms with van der Waals surface area (Å²) in [4.78, 5) is 4.64. The van der Waals surface area contributed by atoms with E-state index in [1.54, 1.807) is 20.1 Å². The van der Waals surface area contributed by atoms with Gasteiger partial charge in [0.1, 0.15) is 22.9 Å². The number of benzene rings is 1. The van der Waals surface area contributed by atoms with Crippen molar-refractivity contribution in [2.75, 3.05) is 40.0 Å². The van der Waals surface area contributed by atoms with Gasteiger partial charge in [-0.25, -0.2) is 4.99 Å². The molecule has 0 bridgehead atoms. The number of nitrogens with zero attached hydrogens (tertiary/aromatic N) is 1. The fourth-order valence-corrected chi connectivity index (χ4v) is 3.90. The molecule has 0 aliphatic carbocycles. The highest BCUT2D eigenvalue weighted by Crippen LogP contribution is 2.35. The first kappa shape index (κ1) is 23.2. The van der Waals surface area contributed by atoms with Gasteiger partial charge in [0.25, 0.3) is 0 Å². The number of furan rings is 1. The summed E-state index contributed by atoms with van der Waals surface area (Å²) >= 11 is 0. The van der Waals surface area contributed by atoms with Crippen LogP contribution in [0.1, 0.15) is 43.8 Å². The Labute approximate surface area is 184 Å². The number of guanidine groups is 1. The number of nitrogens with one attached hydrogen (secondary N) is 2. The van der Waals surface area contributed by atoms with E-state index in [9.17, 15) is 5.11 Å². The lowest BCUT2D eigenvalue weighted by molar-refractivity contribution is 0.0427. The molecule has 0 radical (unpaired) electrons. The molecule has 31 heavy (non-hydrogen) atoms. The third-order valence-electron chi connectivity index (χ3n) is 5.91. The summed E-state index contributed by atoms with van der Waals surface area (Å²) in [6.07, 6.45) is 1.85. The predicted molar refractivity (Wildman–Crippen MR) is 122 cm³/mol. The Kier molecular flexibility index (Phi) is 7.62. The smallest absolute Gasteiger partial charge is 0.191 e. The second-order valence-electron chi connectivity index (χ2n) is 8.35. The molecule has 3 N–H and O–H groups in total. The van der Waals surface area contributed by atoms with E-state index >= 15 is 0 Å². The van der Waals surface area contributed by atoms with Gasteiger partial charge in [-0.3, -0.25) is 0 Å². The molecule has 1 aromatic carbocycles. The first-order valence-electron chi connectivity index (χ1n) is 10.9. The molecule has 1 atom stereocenters. The quantitative estimate of drug-likeness (QED) is 0.441. The molecule has 1 saturated heterocycles. The Balaban J connectivity index is 1.74. The maximum atomic E-state index is 10.8. The fraction of sp³-hybridized carbons (Fsp3) is 0.542. The van der Waals surface area contributed by atoms with Crippen molar-refractivity contribution < 1.29 is 19.0 Å². The molecule has 1 aliphatic rings. The summed E-state index contributed by atoms with van der Waals surface area (Å²) in [5, 5.41) is 17.6. The van der Waals surface area contributed by atoms with Crippen LogP contribution in [0.3, 0.4) is 0 Å². The highest BCUT2D eigenvalue weighted by atomic mass is 16.5. The monoisotopic (exact) mass is 429 g/mol. The Bertz CT molecular complexity index is 852. The van der Waals surface area contributed by atoms with Crippen LogP contribution >= 0.6 is 0 Å². The van der Waals surface area contributed by atoms with Crippen LogP contribution in [0, 0.1) is 6.92 Å². The third kappa shape index (κ3) is 5.80. The van der Waals surface area contributed by atoms with Crippen LogP contribution in [0.4, 0.5) is 0 Å². The molecular weight excluding hydrogens is 394 g/mol. The molecule has 1 aromatic heterocycles. The van der Waals surface area contributed by atoms with Gasteiger partial charge in [0.15, 0.2) is 5.96 Å². The van der Waals surface area contributed by atoms with Crippen LogP contribution in [0.2, 0.25) is 0 Å². The van der Waals surface area contributed by atoms with Crippen LogP contribution in [0.25, 0.3) is 0 Å². The van der Waals surface area contributed by atoms with E-state index in [0.717, 1.165) is 50.7 Å². The highest BCUT2D eigenvalue weighted by Gasteiger charge is 2.35. The van der Waals surface area contributed by atoms with Gasteiger partial charge < -0.3 is 29.6 Å². The minimum atomic E-state index is -1.18. The lowest BCUT2D eigenvalue weighted by atomic mass is 9.74. The van der Waals surface area contributed by atoms with Gasteiger partial charge in [0, 0.05) is 31.7 Å². The Morgan fingerprint density at radius 2 is 1.87 bits per heavy atom. The predicted octanol–water partition coefficient (Wildman–Crippen LogP) is 3.11. The number of ether oxygens (including phenoxy) is 2. The molecule has 3 rings (SSSR count). The summed E-state index contributed by atoms with van der Waals surface area (Å²) in [6, 6.07) is 11.9. The van der Waals surface area contributed by atoms with Gasteiger partial charge >= 0.3 is 0 Å². The largest absolute Gasteiger partial charge is 0.497 e. The van der Waals surface area contributed by atoms with E-state index in [1.807, 2.05) is 32.0 Å². The fourth-order valence-electron chi connectivity index (χ4n) is 3.90. The molecule has 2 aromatic rings. The van der Waals surface area contributed by atoms with Crippen molar-refractivity contribution in [1.82, 2.24) is 10.6 Å². The molecule has 0 spiro atoms. The SMILES string of the molecule is CCNC(=NCC(C)(O)c1ccc(C)o1)NCC1(c2ccc(OC)cc2)CCOCC1. The van der Waals surface area contributed by atoms with Gasteiger partial charge in [-0.05, 0) is 63.4 Å². The van der Waals surface area contributed by atoms with E-state index < -0.39 is 5.60 Å². The first-order valence-corrected chi connectivity index (χ1v) is 10.9. The van der Waals surface area contributed by atoms with Crippen molar-refractivity contribution >= 4 is 5.96 Å². The average molecular weight is 430 g/mol. The number of rotatable bonds is 8. The van der Waals surface area contributed by atoms with E-state index in [-0.39, 0.29) is 12.0 Å². The maximum absolute atomic E-state index is 10.8. The van der Waals surface area contributed by atoms with Gasteiger partial charge in [-0.15, -0.1) is 0 Å². The second-order valence-corrected chi connectivity index (χ2v) is 8.35. The summed E-state index contributed by atoms with van der Waals surface area (Å²) in [6.45, 7) is 8.70. The molecule has 0 saturated carbocycles. The zero-order chi connectivity index (χ0) is 22.3. The summed E-state index contributed by atoms with van der Waals surface area (Å²) in [5.74, 6) is 2.81. The van der Waals surface area contributed by atoms with E-state index in [1.165, 1.54) is 5.56 Å². The number of hydrogen-bond donors (Lipinski definition) is 3. The van der Waals surface area contributed by atoms with Crippen LogP contribution in [-0.2, 0) is 15.8 Å². The average Bonchev–Trinajstić information content (AvgIpc) is 3.24. The summed E-state index contributed by atoms with van der Waals surface area (Å²) in [5.41, 5.74) is 0.0302. The lowest BCUT2D eigenvalue weighted by Gasteiger charge is -2.38. The van der Waals surface area contributed by atoms with E-state index in [0.29, 0.717) is 11.7 Å².